The highest BCUT2D eigenvalue weighted by atomic mass is 16.3. The molecule has 0 saturated carbocycles. The molecule has 2 atom stereocenters. The van der Waals surface area contributed by atoms with Crippen molar-refractivity contribution in [3.05, 3.63) is 70.6 Å². The number of rotatable bonds is 8. The monoisotopic (exact) mass is 314 g/mol. The van der Waals surface area contributed by atoms with E-state index in [1.807, 2.05) is 30.3 Å². The van der Waals surface area contributed by atoms with E-state index in [4.69, 9.17) is 5.73 Å². The van der Waals surface area contributed by atoms with Crippen LogP contribution in [0.25, 0.3) is 0 Å². The molecular weight excluding hydrogens is 292 g/mol. The van der Waals surface area contributed by atoms with Gasteiger partial charge in [-0.05, 0) is 24.5 Å². The van der Waals surface area contributed by atoms with Crippen LogP contribution in [-0.4, -0.2) is 27.6 Å². The van der Waals surface area contributed by atoms with Crippen molar-refractivity contribution in [3.8, 4) is 0 Å². The molecule has 0 aliphatic rings. The Morgan fingerprint density at radius 2 is 1.83 bits per heavy atom. The van der Waals surface area contributed by atoms with Gasteiger partial charge in [-0.1, -0.05) is 36.4 Å². The zero-order valence-electron chi connectivity index (χ0n) is 13.0. The number of hydrogen-bond donors (Lipinski definition) is 2. The van der Waals surface area contributed by atoms with Gasteiger partial charge in [-0.25, -0.2) is 0 Å². The molecule has 0 saturated heterocycles. The Balaban J connectivity index is 1.80. The number of carbonyl (C=O) groups is 1. The second-order valence-electron chi connectivity index (χ2n) is 5.60. The molecule has 2 unspecified atom stereocenters. The fourth-order valence-electron chi connectivity index (χ4n) is 2.45. The molecule has 122 valence electrons. The van der Waals surface area contributed by atoms with Crippen LogP contribution in [0.3, 0.4) is 0 Å². The molecule has 0 aliphatic heterocycles. The number of carbonyl (C=O) groups excluding carboxylic acids is 1. The molecule has 5 heteroatoms. The first-order valence-electron chi connectivity index (χ1n) is 7.73. The molecule has 0 aliphatic carbocycles. The van der Waals surface area contributed by atoms with Gasteiger partial charge in [0.2, 0.25) is 5.56 Å². The van der Waals surface area contributed by atoms with Crippen LogP contribution in [0.5, 0.6) is 0 Å². The number of aromatic nitrogens is 1. The molecule has 0 radical (unpaired) electrons. The number of aliphatic hydroxyl groups is 1. The van der Waals surface area contributed by atoms with Gasteiger partial charge in [0, 0.05) is 31.3 Å². The largest absolute Gasteiger partial charge is 0.384 e. The summed E-state index contributed by atoms with van der Waals surface area (Å²) in [4.78, 5) is 23.6. The smallest absolute Gasteiger partial charge is 0.250 e. The maximum absolute atomic E-state index is 12.0. The Labute approximate surface area is 135 Å². The standard InChI is InChI=1S/C18H22N2O3/c19-15(13-14-7-2-1-3-8-14)18(23)16(21)9-6-12-20-11-5-4-10-17(20)22/h1-5,7-8,10-11,15,18,23H,6,9,12-13,19H2. The topological polar surface area (TPSA) is 85.3 Å². The molecule has 0 bridgehead atoms. The van der Waals surface area contributed by atoms with E-state index < -0.39 is 12.1 Å². The molecule has 2 rings (SSSR count). The van der Waals surface area contributed by atoms with Gasteiger partial charge >= 0.3 is 0 Å². The molecule has 1 aromatic carbocycles. The molecule has 23 heavy (non-hydrogen) atoms. The van der Waals surface area contributed by atoms with Gasteiger partial charge in [0.25, 0.3) is 0 Å². The predicted molar refractivity (Wildman–Crippen MR) is 89.1 cm³/mol. The molecule has 0 spiro atoms. The first-order valence-corrected chi connectivity index (χ1v) is 7.73. The Bertz CT molecular complexity index is 682. The van der Waals surface area contributed by atoms with Crippen LogP contribution in [0.4, 0.5) is 0 Å². The summed E-state index contributed by atoms with van der Waals surface area (Å²) in [5, 5.41) is 10.1. The van der Waals surface area contributed by atoms with Gasteiger partial charge in [-0.15, -0.1) is 0 Å². The molecule has 1 heterocycles. The van der Waals surface area contributed by atoms with Gasteiger partial charge in [0.05, 0.1) is 0 Å². The lowest BCUT2D eigenvalue weighted by Crippen LogP contribution is -2.42. The quantitative estimate of drug-likeness (QED) is 0.765. The van der Waals surface area contributed by atoms with E-state index in [9.17, 15) is 14.7 Å². The third-order valence-electron chi connectivity index (χ3n) is 3.77. The summed E-state index contributed by atoms with van der Waals surface area (Å²) in [6.45, 7) is 0.450. The average molecular weight is 314 g/mol. The summed E-state index contributed by atoms with van der Waals surface area (Å²) in [5.74, 6) is -0.280. The number of nitrogens with zero attached hydrogens (tertiary/aromatic N) is 1. The summed E-state index contributed by atoms with van der Waals surface area (Å²) in [7, 11) is 0. The lowest BCUT2D eigenvalue weighted by atomic mass is 9.97. The number of Topliss-reactive ketones (excluding diaryl/α,β-unsaturated/α-hetero) is 1. The highest BCUT2D eigenvalue weighted by molar-refractivity contribution is 5.83. The maximum Gasteiger partial charge on any atom is 0.250 e. The number of hydrogen-bond acceptors (Lipinski definition) is 4. The predicted octanol–water partition coefficient (Wildman–Crippen LogP) is 1.13. The first-order chi connectivity index (χ1) is 11.1. The molecular formula is C18H22N2O3. The van der Waals surface area contributed by atoms with Crippen LogP contribution in [0.2, 0.25) is 0 Å². The summed E-state index contributed by atoms with van der Waals surface area (Å²) >= 11 is 0. The van der Waals surface area contributed by atoms with Gasteiger partial charge in [0.1, 0.15) is 6.10 Å². The van der Waals surface area contributed by atoms with E-state index in [2.05, 4.69) is 0 Å². The van der Waals surface area contributed by atoms with Crippen molar-refractivity contribution < 1.29 is 9.90 Å². The van der Waals surface area contributed by atoms with E-state index >= 15 is 0 Å². The van der Waals surface area contributed by atoms with E-state index in [1.54, 1.807) is 22.9 Å². The van der Waals surface area contributed by atoms with E-state index in [1.165, 1.54) is 6.07 Å². The zero-order chi connectivity index (χ0) is 16.7. The SMILES string of the molecule is NC(Cc1ccccc1)C(O)C(=O)CCCn1ccccc1=O. The van der Waals surface area contributed by atoms with Crippen LogP contribution in [0.1, 0.15) is 18.4 Å². The number of pyridine rings is 1. The molecule has 3 N–H and O–H groups in total. The van der Waals surface area contributed by atoms with Crippen molar-refractivity contribution in [2.75, 3.05) is 0 Å². The molecule has 1 aromatic heterocycles. The van der Waals surface area contributed by atoms with E-state index in [0.717, 1.165) is 5.56 Å². The molecule has 2 aromatic rings. The number of nitrogens with two attached hydrogens (primary N) is 1. The fourth-order valence-corrected chi connectivity index (χ4v) is 2.45. The summed E-state index contributed by atoms with van der Waals surface area (Å²) in [6.07, 6.45) is 1.65. The van der Waals surface area contributed by atoms with Crippen molar-refractivity contribution in [2.45, 2.75) is 38.0 Å². The molecule has 0 fully saturated rings. The summed E-state index contributed by atoms with van der Waals surface area (Å²) < 4.78 is 1.55. The van der Waals surface area contributed by atoms with Crippen molar-refractivity contribution >= 4 is 5.78 Å². The van der Waals surface area contributed by atoms with Gasteiger partial charge < -0.3 is 15.4 Å². The Morgan fingerprint density at radius 3 is 2.52 bits per heavy atom. The minimum absolute atomic E-state index is 0.0960. The number of aliphatic hydroxyl groups excluding tert-OH is 1. The normalized spacial score (nSPS) is 13.5. The highest BCUT2D eigenvalue weighted by Crippen LogP contribution is 2.07. The second-order valence-corrected chi connectivity index (χ2v) is 5.60. The lowest BCUT2D eigenvalue weighted by Gasteiger charge is -2.18. The van der Waals surface area contributed by atoms with Crippen LogP contribution in [0.15, 0.2) is 59.5 Å². The molecule has 5 nitrogen and oxygen atoms in total. The zero-order valence-corrected chi connectivity index (χ0v) is 13.0. The minimum Gasteiger partial charge on any atom is -0.384 e. The van der Waals surface area contributed by atoms with Crippen LogP contribution >= 0.6 is 0 Å². The Morgan fingerprint density at radius 1 is 1.13 bits per heavy atom. The third-order valence-corrected chi connectivity index (χ3v) is 3.77. The third kappa shape index (κ3) is 5.16. The van der Waals surface area contributed by atoms with Crippen molar-refractivity contribution in [1.29, 1.82) is 0 Å². The average Bonchev–Trinajstić information content (AvgIpc) is 2.56. The van der Waals surface area contributed by atoms with Gasteiger partial charge in [-0.3, -0.25) is 9.59 Å². The number of ketones is 1. The van der Waals surface area contributed by atoms with Crippen molar-refractivity contribution in [1.82, 2.24) is 4.57 Å². The molecule has 0 amide bonds. The van der Waals surface area contributed by atoms with Gasteiger partial charge in [0.15, 0.2) is 5.78 Å². The van der Waals surface area contributed by atoms with E-state index in [-0.39, 0.29) is 17.8 Å². The summed E-state index contributed by atoms with van der Waals surface area (Å²) in [6, 6.07) is 13.8. The lowest BCUT2D eigenvalue weighted by molar-refractivity contribution is -0.128. The van der Waals surface area contributed by atoms with Crippen molar-refractivity contribution in [2.24, 2.45) is 5.73 Å². The Kier molecular flexibility index (Phi) is 6.26. The van der Waals surface area contributed by atoms with Crippen LogP contribution in [0, 0.1) is 0 Å². The van der Waals surface area contributed by atoms with E-state index in [0.29, 0.717) is 19.4 Å². The minimum atomic E-state index is -1.18. The Hall–Kier alpha value is -2.24. The highest BCUT2D eigenvalue weighted by Gasteiger charge is 2.22. The fraction of sp³-hybridized carbons (Fsp3) is 0.333. The number of benzene rings is 1. The van der Waals surface area contributed by atoms with Gasteiger partial charge in [-0.2, -0.15) is 0 Å². The maximum atomic E-state index is 12.0. The second kappa shape index (κ2) is 8.41. The van der Waals surface area contributed by atoms with Crippen LogP contribution in [-0.2, 0) is 17.8 Å². The number of aryl methyl sites for hydroxylation is 1. The first kappa shape index (κ1) is 17.1. The summed E-state index contributed by atoms with van der Waals surface area (Å²) in [5.41, 5.74) is 6.82. The van der Waals surface area contributed by atoms with Crippen molar-refractivity contribution in [3.63, 3.8) is 0 Å². The van der Waals surface area contributed by atoms with Crippen LogP contribution < -0.4 is 11.3 Å².